The molecule has 29 heavy (non-hydrogen) atoms. The van der Waals surface area contributed by atoms with Crippen molar-refractivity contribution in [3.05, 3.63) is 70.5 Å². The molecular formula is C20H19F2N5O2. The first-order chi connectivity index (χ1) is 13.8. The highest BCUT2D eigenvalue weighted by atomic mass is 19.1. The van der Waals surface area contributed by atoms with E-state index in [-0.39, 0.29) is 17.9 Å². The average Bonchev–Trinajstić information content (AvgIpc) is 3.02. The highest BCUT2D eigenvalue weighted by Crippen LogP contribution is 2.20. The molecule has 7 nitrogen and oxygen atoms in total. The number of benzene rings is 2. The van der Waals surface area contributed by atoms with Crippen LogP contribution in [-0.4, -0.2) is 26.8 Å². The quantitative estimate of drug-likeness (QED) is 0.688. The van der Waals surface area contributed by atoms with E-state index in [1.54, 1.807) is 6.92 Å². The van der Waals surface area contributed by atoms with Gasteiger partial charge in [-0.3, -0.25) is 9.59 Å². The standard InChI is InChI=1S/C20H19F2N5O2/c1-11-5-4-6-12(2)18(11)24-20(29)19-13(3)27(26-25-19)10-17(28)23-16-9-14(21)7-8-15(16)22/h4-9H,10H2,1-3H3,(H,23,28)(H,24,29). The van der Waals surface area contributed by atoms with E-state index < -0.39 is 23.4 Å². The molecule has 0 aliphatic heterocycles. The van der Waals surface area contributed by atoms with Crippen LogP contribution >= 0.6 is 0 Å². The average molecular weight is 399 g/mol. The van der Waals surface area contributed by atoms with Crippen LogP contribution in [0.25, 0.3) is 0 Å². The Morgan fingerprint density at radius 3 is 2.41 bits per heavy atom. The molecule has 1 aromatic heterocycles. The number of halogens is 2. The van der Waals surface area contributed by atoms with Crippen LogP contribution in [0.15, 0.2) is 36.4 Å². The summed E-state index contributed by atoms with van der Waals surface area (Å²) in [5, 5.41) is 12.8. The lowest BCUT2D eigenvalue weighted by molar-refractivity contribution is -0.117. The fraction of sp³-hybridized carbons (Fsp3) is 0.200. The summed E-state index contributed by atoms with van der Waals surface area (Å²) in [5.74, 6) is -2.53. The maximum Gasteiger partial charge on any atom is 0.278 e. The number of hydrogen-bond donors (Lipinski definition) is 2. The van der Waals surface area contributed by atoms with Gasteiger partial charge in [0.1, 0.15) is 18.2 Å². The molecule has 2 N–H and O–H groups in total. The Bertz CT molecular complexity index is 1070. The number of anilines is 2. The van der Waals surface area contributed by atoms with Gasteiger partial charge in [-0.1, -0.05) is 23.4 Å². The molecule has 0 aliphatic carbocycles. The minimum Gasteiger partial charge on any atom is -0.322 e. The smallest absolute Gasteiger partial charge is 0.278 e. The normalized spacial score (nSPS) is 10.7. The van der Waals surface area contributed by atoms with Crippen LogP contribution in [0.2, 0.25) is 0 Å². The Kier molecular flexibility index (Phi) is 5.67. The van der Waals surface area contributed by atoms with Gasteiger partial charge in [0, 0.05) is 11.8 Å². The van der Waals surface area contributed by atoms with E-state index in [4.69, 9.17) is 0 Å². The van der Waals surface area contributed by atoms with Crippen molar-refractivity contribution in [2.24, 2.45) is 0 Å². The van der Waals surface area contributed by atoms with E-state index in [1.807, 2.05) is 32.0 Å². The second-order valence-corrected chi connectivity index (χ2v) is 6.57. The van der Waals surface area contributed by atoms with E-state index in [9.17, 15) is 18.4 Å². The van der Waals surface area contributed by atoms with Gasteiger partial charge in [-0.05, 0) is 44.0 Å². The van der Waals surface area contributed by atoms with Crippen molar-refractivity contribution in [3.63, 3.8) is 0 Å². The molecule has 0 unspecified atom stereocenters. The number of hydrogen-bond acceptors (Lipinski definition) is 4. The zero-order valence-corrected chi connectivity index (χ0v) is 16.1. The van der Waals surface area contributed by atoms with Crippen molar-refractivity contribution in [1.82, 2.24) is 15.0 Å². The van der Waals surface area contributed by atoms with Crippen molar-refractivity contribution in [2.75, 3.05) is 10.6 Å². The van der Waals surface area contributed by atoms with Crippen molar-refractivity contribution in [3.8, 4) is 0 Å². The number of amides is 2. The predicted molar refractivity (Wildman–Crippen MR) is 104 cm³/mol. The van der Waals surface area contributed by atoms with Gasteiger partial charge in [-0.15, -0.1) is 5.10 Å². The third-order valence-electron chi connectivity index (χ3n) is 4.41. The van der Waals surface area contributed by atoms with E-state index >= 15 is 0 Å². The van der Waals surface area contributed by atoms with Crippen molar-refractivity contribution in [1.29, 1.82) is 0 Å². The first-order valence-electron chi connectivity index (χ1n) is 8.79. The number of carbonyl (C=O) groups excluding carboxylic acids is 2. The Morgan fingerprint density at radius 2 is 1.72 bits per heavy atom. The fourth-order valence-electron chi connectivity index (χ4n) is 2.82. The number of nitrogens with zero attached hydrogens (tertiary/aromatic N) is 3. The summed E-state index contributed by atoms with van der Waals surface area (Å²) in [6.07, 6.45) is 0. The summed E-state index contributed by atoms with van der Waals surface area (Å²) in [6, 6.07) is 8.40. The van der Waals surface area contributed by atoms with E-state index in [2.05, 4.69) is 20.9 Å². The first-order valence-corrected chi connectivity index (χ1v) is 8.79. The second-order valence-electron chi connectivity index (χ2n) is 6.57. The second kappa shape index (κ2) is 8.17. The molecule has 0 saturated carbocycles. The van der Waals surface area contributed by atoms with E-state index in [1.165, 1.54) is 4.68 Å². The molecule has 0 spiro atoms. The third-order valence-corrected chi connectivity index (χ3v) is 4.41. The molecule has 150 valence electrons. The van der Waals surface area contributed by atoms with Crippen molar-refractivity contribution >= 4 is 23.2 Å². The van der Waals surface area contributed by atoms with Gasteiger partial charge in [0.25, 0.3) is 5.91 Å². The van der Waals surface area contributed by atoms with Gasteiger partial charge in [-0.2, -0.15) is 0 Å². The lowest BCUT2D eigenvalue weighted by Gasteiger charge is -2.10. The monoisotopic (exact) mass is 399 g/mol. The molecule has 2 amide bonds. The van der Waals surface area contributed by atoms with Crippen LogP contribution in [0.4, 0.5) is 20.2 Å². The van der Waals surface area contributed by atoms with Crippen LogP contribution in [0.3, 0.4) is 0 Å². The summed E-state index contributed by atoms with van der Waals surface area (Å²) < 4.78 is 28.1. The molecule has 0 bridgehead atoms. The van der Waals surface area contributed by atoms with Crippen LogP contribution in [-0.2, 0) is 11.3 Å². The summed E-state index contributed by atoms with van der Waals surface area (Å²) in [7, 11) is 0. The molecule has 0 aliphatic rings. The molecule has 0 radical (unpaired) electrons. The highest BCUT2D eigenvalue weighted by Gasteiger charge is 2.19. The SMILES string of the molecule is Cc1cccc(C)c1NC(=O)c1nnn(CC(=O)Nc2cc(F)ccc2F)c1C. The lowest BCUT2D eigenvalue weighted by Crippen LogP contribution is -2.21. The van der Waals surface area contributed by atoms with Crippen molar-refractivity contribution in [2.45, 2.75) is 27.3 Å². The Morgan fingerprint density at radius 1 is 1.03 bits per heavy atom. The number of carbonyl (C=O) groups is 2. The zero-order chi connectivity index (χ0) is 21.1. The maximum absolute atomic E-state index is 13.7. The van der Waals surface area contributed by atoms with Gasteiger partial charge in [-0.25, -0.2) is 13.5 Å². The minimum atomic E-state index is -0.760. The van der Waals surface area contributed by atoms with Crippen LogP contribution < -0.4 is 10.6 Å². The van der Waals surface area contributed by atoms with Crippen LogP contribution in [0, 0.1) is 32.4 Å². The Labute approximate surface area is 165 Å². The molecule has 0 fully saturated rings. The summed E-state index contributed by atoms with van der Waals surface area (Å²) in [5.41, 5.74) is 2.65. The molecular weight excluding hydrogens is 380 g/mol. The van der Waals surface area contributed by atoms with Gasteiger partial charge in [0.15, 0.2) is 5.69 Å². The first kappa shape index (κ1) is 20.1. The summed E-state index contributed by atoms with van der Waals surface area (Å²) >= 11 is 0. The topological polar surface area (TPSA) is 88.9 Å². The number of rotatable bonds is 5. The fourth-order valence-corrected chi connectivity index (χ4v) is 2.82. The predicted octanol–water partition coefficient (Wildman–Crippen LogP) is 3.37. The van der Waals surface area contributed by atoms with Gasteiger partial charge in [0.05, 0.1) is 11.4 Å². The van der Waals surface area contributed by atoms with Crippen LogP contribution in [0.1, 0.15) is 27.3 Å². The third kappa shape index (κ3) is 4.45. The van der Waals surface area contributed by atoms with Gasteiger partial charge in [0.2, 0.25) is 5.91 Å². The Balaban J connectivity index is 1.72. The van der Waals surface area contributed by atoms with Crippen molar-refractivity contribution < 1.29 is 18.4 Å². The zero-order valence-electron chi connectivity index (χ0n) is 16.1. The van der Waals surface area contributed by atoms with Crippen LogP contribution in [0.5, 0.6) is 0 Å². The number of para-hydroxylation sites is 1. The number of nitrogens with one attached hydrogen (secondary N) is 2. The minimum absolute atomic E-state index is 0.0670. The summed E-state index contributed by atoms with van der Waals surface area (Å²) in [6.45, 7) is 5.03. The highest BCUT2D eigenvalue weighted by molar-refractivity contribution is 6.04. The number of aryl methyl sites for hydroxylation is 2. The largest absolute Gasteiger partial charge is 0.322 e. The maximum atomic E-state index is 13.7. The molecule has 3 rings (SSSR count). The molecule has 9 heteroatoms. The summed E-state index contributed by atoms with van der Waals surface area (Å²) in [4.78, 5) is 24.8. The molecule has 1 heterocycles. The Hall–Kier alpha value is -3.62. The number of aromatic nitrogens is 3. The molecule has 0 saturated heterocycles. The van der Waals surface area contributed by atoms with Gasteiger partial charge < -0.3 is 10.6 Å². The van der Waals surface area contributed by atoms with Gasteiger partial charge >= 0.3 is 0 Å². The van der Waals surface area contributed by atoms with E-state index in [0.717, 1.165) is 29.3 Å². The lowest BCUT2D eigenvalue weighted by atomic mass is 10.1. The van der Waals surface area contributed by atoms with E-state index in [0.29, 0.717) is 11.4 Å². The molecule has 0 atom stereocenters. The molecule has 2 aromatic carbocycles. The molecule has 3 aromatic rings.